The van der Waals surface area contributed by atoms with Crippen molar-refractivity contribution in [2.24, 2.45) is 0 Å². The molecular weight excluding hydrogens is 282 g/mol. The van der Waals surface area contributed by atoms with Crippen LogP contribution in [0, 0.1) is 0 Å². The van der Waals surface area contributed by atoms with E-state index in [1.807, 2.05) is 0 Å². The van der Waals surface area contributed by atoms with Crippen LogP contribution in [-0.4, -0.2) is 29.3 Å². The molecule has 0 radical (unpaired) electrons. The number of ketones is 1. The van der Waals surface area contributed by atoms with Gasteiger partial charge in [0.2, 0.25) is 0 Å². The van der Waals surface area contributed by atoms with Crippen LogP contribution in [0.4, 0.5) is 5.69 Å². The summed E-state index contributed by atoms with van der Waals surface area (Å²) in [6, 6.07) is 4.57. The van der Waals surface area contributed by atoms with Gasteiger partial charge in [-0.15, -0.1) is 0 Å². The lowest BCUT2D eigenvalue weighted by atomic mass is 10.1. The van der Waals surface area contributed by atoms with Gasteiger partial charge < -0.3 is 10.0 Å². The van der Waals surface area contributed by atoms with E-state index in [0.717, 1.165) is 0 Å². The van der Waals surface area contributed by atoms with Crippen LogP contribution in [0.25, 0.3) is 0 Å². The molecule has 0 spiro atoms. The van der Waals surface area contributed by atoms with Crippen molar-refractivity contribution in [1.29, 1.82) is 0 Å². The van der Waals surface area contributed by atoms with E-state index in [-0.39, 0.29) is 12.1 Å². The second-order valence-corrected chi connectivity index (χ2v) is 4.73. The second-order valence-electron chi connectivity index (χ2n) is 4.29. The zero-order chi connectivity index (χ0) is 14.9. The van der Waals surface area contributed by atoms with Crippen molar-refractivity contribution in [2.75, 3.05) is 11.4 Å². The fourth-order valence-corrected chi connectivity index (χ4v) is 2.20. The lowest BCUT2D eigenvalue weighted by molar-refractivity contribution is -0.132. The van der Waals surface area contributed by atoms with Crippen LogP contribution in [0.3, 0.4) is 0 Å². The Morgan fingerprint density at radius 3 is 2.70 bits per heavy atom. The minimum Gasteiger partial charge on any atom is -0.478 e. The van der Waals surface area contributed by atoms with Crippen molar-refractivity contribution >= 4 is 34.9 Å². The first-order valence-electron chi connectivity index (χ1n) is 6.03. The van der Waals surface area contributed by atoms with Gasteiger partial charge >= 0.3 is 5.97 Å². The van der Waals surface area contributed by atoms with E-state index in [1.165, 1.54) is 23.1 Å². The Labute approximate surface area is 120 Å². The molecule has 0 bridgehead atoms. The summed E-state index contributed by atoms with van der Waals surface area (Å²) in [5, 5.41) is 9.36. The Hall–Kier alpha value is -2.14. The zero-order valence-corrected chi connectivity index (χ0v) is 11.5. The summed E-state index contributed by atoms with van der Waals surface area (Å²) in [6.07, 6.45) is 1.78. The van der Waals surface area contributed by atoms with E-state index < -0.39 is 17.7 Å². The van der Waals surface area contributed by atoms with Gasteiger partial charge in [-0.2, -0.15) is 0 Å². The topological polar surface area (TPSA) is 74.7 Å². The number of amides is 1. The molecule has 2 rings (SSSR count). The van der Waals surface area contributed by atoms with E-state index in [1.54, 1.807) is 13.0 Å². The van der Waals surface area contributed by atoms with Crippen LogP contribution in [0.15, 0.2) is 29.8 Å². The summed E-state index contributed by atoms with van der Waals surface area (Å²) >= 11 is 5.87. The number of Topliss-reactive ketones (excluding diaryl/α,β-unsaturated/α-hetero) is 1. The third kappa shape index (κ3) is 2.44. The highest BCUT2D eigenvalue weighted by Crippen LogP contribution is 2.31. The Bertz CT molecular complexity index is 636. The van der Waals surface area contributed by atoms with Gasteiger partial charge in [-0.3, -0.25) is 9.59 Å². The maximum Gasteiger partial charge on any atom is 0.331 e. The van der Waals surface area contributed by atoms with Crippen LogP contribution in [0.5, 0.6) is 0 Å². The van der Waals surface area contributed by atoms with Gasteiger partial charge in [-0.1, -0.05) is 24.6 Å². The summed E-state index contributed by atoms with van der Waals surface area (Å²) in [6.45, 7) is 1.75. The van der Waals surface area contributed by atoms with Gasteiger partial charge in [0.25, 0.3) is 11.7 Å². The van der Waals surface area contributed by atoms with E-state index in [0.29, 0.717) is 22.7 Å². The number of nitrogens with zero attached hydrogens (tertiary/aromatic N) is 1. The van der Waals surface area contributed by atoms with Crippen LogP contribution in [0.2, 0.25) is 5.02 Å². The van der Waals surface area contributed by atoms with Crippen molar-refractivity contribution in [3.05, 3.63) is 40.4 Å². The van der Waals surface area contributed by atoms with E-state index in [9.17, 15) is 14.4 Å². The third-order valence-corrected chi connectivity index (χ3v) is 3.35. The zero-order valence-electron chi connectivity index (χ0n) is 10.7. The molecule has 0 aliphatic carbocycles. The van der Waals surface area contributed by atoms with Gasteiger partial charge in [-0.05, 0) is 24.6 Å². The summed E-state index contributed by atoms with van der Waals surface area (Å²) in [7, 11) is 0. The van der Waals surface area contributed by atoms with Gasteiger partial charge in [0.05, 0.1) is 11.3 Å². The van der Waals surface area contributed by atoms with E-state index in [2.05, 4.69) is 0 Å². The number of fused-ring (bicyclic) bond motifs is 1. The molecule has 1 aromatic carbocycles. The SMILES string of the molecule is CCC(=CCN1C(=O)C(=O)c2ccc(Cl)cc21)C(=O)O. The molecule has 1 amide bonds. The summed E-state index contributed by atoms with van der Waals surface area (Å²) in [4.78, 5) is 35.9. The van der Waals surface area contributed by atoms with Crippen LogP contribution in [0.1, 0.15) is 23.7 Å². The first kappa shape index (κ1) is 14.3. The summed E-state index contributed by atoms with van der Waals surface area (Å²) < 4.78 is 0. The fourth-order valence-electron chi connectivity index (χ4n) is 2.03. The molecule has 0 aromatic heterocycles. The second kappa shape index (κ2) is 5.46. The molecule has 20 heavy (non-hydrogen) atoms. The van der Waals surface area contributed by atoms with Crippen LogP contribution < -0.4 is 4.90 Å². The highest BCUT2D eigenvalue weighted by atomic mass is 35.5. The molecule has 1 aliphatic rings. The van der Waals surface area contributed by atoms with E-state index >= 15 is 0 Å². The number of halogens is 1. The standard InChI is InChI=1S/C14H12ClNO4/c1-2-8(14(19)20)5-6-16-11-7-9(15)3-4-10(11)12(17)13(16)18/h3-5,7H,2,6H2,1H3,(H,19,20). The van der Waals surface area contributed by atoms with Crippen molar-refractivity contribution in [1.82, 2.24) is 0 Å². The summed E-state index contributed by atoms with van der Waals surface area (Å²) in [5.41, 5.74) is 0.909. The molecule has 5 nitrogen and oxygen atoms in total. The molecule has 1 aliphatic heterocycles. The Balaban J connectivity index is 2.35. The number of anilines is 1. The molecule has 6 heteroatoms. The molecule has 0 unspecified atom stereocenters. The first-order valence-corrected chi connectivity index (χ1v) is 6.41. The van der Waals surface area contributed by atoms with Gasteiger partial charge in [0, 0.05) is 17.1 Å². The molecular formula is C14H12ClNO4. The Morgan fingerprint density at radius 2 is 2.10 bits per heavy atom. The average molecular weight is 294 g/mol. The van der Waals surface area contributed by atoms with Crippen LogP contribution in [-0.2, 0) is 9.59 Å². The molecule has 0 saturated heterocycles. The molecule has 104 valence electrons. The summed E-state index contributed by atoms with van der Waals surface area (Å²) in [5.74, 6) is -2.30. The molecule has 1 heterocycles. The predicted octanol–water partition coefficient (Wildman–Crippen LogP) is 2.29. The monoisotopic (exact) mass is 293 g/mol. The minimum absolute atomic E-state index is 0.0351. The minimum atomic E-state index is -1.03. The number of rotatable bonds is 4. The van der Waals surface area contributed by atoms with Crippen molar-refractivity contribution in [2.45, 2.75) is 13.3 Å². The lowest BCUT2D eigenvalue weighted by Gasteiger charge is -2.14. The van der Waals surface area contributed by atoms with Gasteiger partial charge in [-0.25, -0.2) is 4.79 Å². The number of hydrogen-bond acceptors (Lipinski definition) is 3. The number of carbonyl (C=O) groups excluding carboxylic acids is 2. The average Bonchev–Trinajstić information content (AvgIpc) is 2.63. The number of benzene rings is 1. The number of carboxylic acid groups (broad SMARTS) is 1. The maximum atomic E-state index is 11.9. The Morgan fingerprint density at radius 1 is 1.40 bits per heavy atom. The number of carbonyl (C=O) groups is 3. The molecule has 0 fully saturated rings. The smallest absolute Gasteiger partial charge is 0.331 e. The highest BCUT2D eigenvalue weighted by molar-refractivity contribution is 6.52. The highest BCUT2D eigenvalue weighted by Gasteiger charge is 2.35. The number of hydrogen-bond donors (Lipinski definition) is 1. The first-order chi connectivity index (χ1) is 9.45. The molecule has 1 N–H and O–H groups in total. The van der Waals surface area contributed by atoms with E-state index in [4.69, 9.17) is 16.7 Å². The van der Waals surface area contributed by atoms with Gasteiger partial charge in [0.15, 0.2) is 0 Å². The van der Waals surface area contributed by atoms with Crippen LogP contribution >= 0.6 is 11.6 Å². The Kier molecular flexibility index (Phi) is 3.90. The maximum absolute atomic E-state index is 11.9. The quantitative estimate of drug-likeness (QED) is 0.683. The van der Waals surface area contributed by atoms with Crippen molar-refractivity contribution in [3.8, 4) is 0 Å². The fraction of sp³-hybridized carbons (Fsp3) is 0.214. The molecule has 0 atom stereocenters. The molecule has 1 aromatic rings. The predicted molar refractivity (Wildman–Crippen MR) is 74.1 cm³/mol. The number of aliphatic carboxylic acids is 1. The lowest BCUT2D eigenvalue weighted by Crippen LogP contribution is -2.30. The number of carboxylic acids is 1. The third-order valence-electron chi connectivity index (χ3n) is 3.11. The van der Waals surface area contributed by atoms with Crippen molar-refractivity contribution in [3.63, 3.8) is 0 Å². The van der Waals surface area contributed by atoms with Gasteiger partial charge in [0.1, 0.15) is 0 Å². The molecule has 0 saturated carbocycles. The normalized spacial score (nSPS) is 14.7. The largest absolute Gasteiger partial charge is 0.478 e. The van der Waals surface area contributed by atoms with Crippen molar-refractivity contribution < 1.29 is 19.5 Å².